The molecule has 1 rings (SSSR count). The van der Waals surface area contributed by atoms with Crippen LogP contribution in [0.3, 0.4) is 0 Å². The molecule has 0 saturated carbocycles. The molecule has 0 heterocycles. The molecule has 0 unspecified atom stereocenters. The summed E-state index contributed by atoms with van der Waals surface area (Å²) in [5, 5.41) is 18.6. The van der Waals surface area contributed by atoms with E-state index < -0.39 is 12.4 Å². The van der Waals surface area contributed by atoms with Gasteiger partial charge in [-0.3, -0.25) is 0 Å². The quantitative estimate of drug-likeness (QED) is 0.589. The van der Waals surface area contributed by atoms with Crippen molar-refractivity contribution in [2.24, 2.45) is 0 Å². The number of phenolic OH excluding ortho intramolecular Hbond substituents is 2. The van der Waals surface area contributed by atoms with E-state index in [-0.39, 0.29) is 11.5 Å². The maximum Gasteiger partial charge on any atom is 0.187 e. The van der Waals surface area contributed by atoms with Gasteiger partial charge in [0.15, 0.2) is 17.8 Å². The molecule has 0 saturated heterocycles. The van der Waals surface area contributed by atoms with Crippen molar-refractivity contribution < 1.29 is 24.4 Å². The van der Waals surface area contributed by atoms with Crippen LogP contribution < -0.4 is 0 Å². The van der Waals surface area contributed by atoms with Crippen molar-refractivity contribution in [3.05, 3.63) is 23.8 Å². The van der Waals surface area contributed by atoms with Gasteiger partial charge in [-0.05, 0) is 17.7 Å². The molecule has 0 bridgehead atoms. The molecule has 0 amide bonds. The van der Waals surface area contributed by atoms with Gasteiger partial charge in [-0.15, -0.1) is 0 Å². The monoisotopic (exact) mass is 228 g/mol. The van der Waals surface area contributed by atoms with Crippen LogP contribution in [0.1, 0.15) is 11.7 Å². The van der Waals surface area contributed by atoms with Crippen molar-refractivity contribution in [1.82, 2.24) is 0 Å². The Bertz CT molecular complexity index is 335. The van der Waals surface area contributed by atoms with Crippen molar-refractivity contribution in [3.63, 3.8) is 0 Å². The van der Waals surface area contributed by atoms with Crippen molar-refractivity contribution in [3.8, 4) is 11.5 Å². The second-order valence-corrected chi connectivity index (χ2v) is 3.24. The van der Waals surface area contributed by atoms with Gasteiger partial charge < -0.3 is 24.4 Å². The van der Waals surface area contributed by atoms with Gasteiger partial charge in [-0.25, -0.2) is 0 Å². The van der Waals surface area contributed by atoms with Crippen LogP contribution in [0.2, 0.25) is 0 Å². The third-order valence-corrected chi connectivity index (χ3v) is 2.29. The summed E-state index contributed by atoms with van der Waals surface area (Å²) in [7, 11) is 4.51. The Morgan fingerprint density at radius 3 is 2.00 bits per heavy atom. The molecule has 2 N–H and O–H groups in total. The van der Waals surface area contributed by atoms with E-state index in [1.165, 1.54) is 33.5 Å². The molecule has 16 heavy (non-hydrogen) atoms. The van der Waals surface area contributed by atoms with Gasteiger partial charge in [0, 0.05) is 21.3 Å². The van der Waals surface area contributed by atoms with Gasteiger partial charge in [0.2, 0.25) is 0 Å². The molecule has 0 aliphatic heterocycles. The third-order valence-electron chi connectivity index (χ3n) is 2.29. The van der Waals surface area contributed by atoms with Crippen LogP contribution in [0.15, 0.2) is 18.2 Å². The highest BCUT2D eigenvalue weighted by atomic mass is 16.7. The Kier molecular flexibility index (Phi) is 4.54. The zero-order valence-corrected chi connectivity index (χ0v) is 9.51. The minimum absolute atomic E-state index is 0.176. The van der Waals surface area contributed by atoms with E-state index in [1.807, 2.05) is 0 Å². The van der Waals surface area contributed by atoms with Crippen molar-refractivity contribution in [1.29, 1.82) is 0 Å². The summed E-state index contributed by atoms with van der Waals surface area (Å²) >= 11 is 0. The van der Waals surface area contributed by atoms with Crippen LogP contribution in [0.5, 0.6) is 11.5 Å². The molecular weight excluding hydrogens is 212 g/mol. The van der Waals surface area contributed by atoms with Crippen LogP contribution in [0, 0.1) is 0 Å². The average Bonchev–Trinajstić information content (AvgIpc) is 2.29. The molecule has 0 fully saturated rings. The van der Waals surface area contributed by atoms with Crippen molar-refractivity contribution in [2.45, 2.75) is 12.4 Å². The Morgan fingerprint density at radius 1 is 0.938 bits per heavy atom. The van der Waals surface area contributed by atoms with Crippen LogP contribution in [-0.4, -0.2) is 37.8 Å². The summed E-state index contributed by atoms with van der Waals surface area (Å²) in [5.41, 5.74) is 0.659. The standard InChI is InChI=1S/C11H16O5/c1-14-10(11(15-2)16-3)7-4-5-8(12)9(13)6-7/h4-6,10-13H,1-3H3/t10-/m1/s1. The minimum atomic E-state index is -0.575. The lowest BCUT2D eigenvalue weighted by Crippen LogP contribution is -2.24. The number of phenols is 2. The lowest BCUT2D eigenvalue weighted by Gasteiger charge is -2.23. The highest BCUT2D eigenvalue weighted by molar-refractivity contribution is 5.41. The maximum atomic E-state index is 9.38. The Balaban J connectivity index is 2.98. The predicted octanol–water partition coefficient (Wildman–Crippen LogP) is 1.40. The number of benzene rings is 1. The molecule has 5 heteroatoms. The van der Waals surface area contributed by atoms with Crippen LogP contribution in [0.25, 0.3) is 0 Å². The smallest absolute Gasteiger partial charge is 0.187 e. The molecule has 0 radical (unpaired) electrons. The van der Waals surface area contributed by atoms with Gasteiger partial charge in [0.05, 0.1) is 0 Å². The lowest BCUT2D eigenvalue weighted by atomic mass is 10.1. The van der Waals surface area contributed by atoms with Crippen molar-refractivity contribution >= 4 is 0 Å². The normalized spacial score (nSPS) is 13.0. The molecule has 0 spiro atoms. The van der Waals surface area contributed by atoms with Crippen molar-refractivity contribution in [2.75, 3.05) is 21.3 Å². The fourth-order valence-corrected chi connectivity index (χ4v) is 1.47. The highest BCUT2D eigenvalue weighted by Gasteiger charge is 2.23. The zero-order valence-electron chi connectivity index (χ0n) is 9.51. The summed E-state index contributed by atoms with van der Waals surface area (Å²) in [6, 6.07) is 4.43. The molecule has 1 aromatic carbocycles. The molecule has 5 nitrogen and oxygen atoms in total. The first-order chi connectivity index (χ1) is 7.63. The first-order valence-corrected chi connectivity index (χ1v) is 4.74. The van der Waals surface area contributed by atoms with E-state index in [0.717, 1.165) is 0 Å². The second-order valence-electron chi connectivity index (χ2n) is 3.24. The molecule has 90 valence electrons. The number of hydrogen-bond donors (Lipinski definition) is 2. The number of hydrogen-bond acceptors (Lipinski definition) is 5. The van der Waals surface area contributed by atoms with E-state index in [1.54, 1.807) is 6.07 Å². The summed E-state index contributed by atoms with van der Waals surface area (Å²) in [6.45, 7) is 0. The predicted molar refractivity (Wildman–Crippen MR) is 57.3 cm³/mol. The molecule has 0 aliphatic rings. The van der Waals surface area contributed by atoms with Gasteiger partial charge in [0.25, 0.3) is 0 Å². The lowest BCUT2D eigenvalue weighted by molar-refractivity contribution is -0.175. The van der Waals surface area contributed by atoms with E-state index in [4.69, 9.17) is 14.2 Å². The SMILES string of the molecule is COC(OC)[C@H](OC)c1ccc(O)c(O)c1. The molecule has 1 aromatic rings. The summed E-state index contributed by atoms with van der Waals surface area (Å²) in [4.78, 5) is 0. The Morgan fingerprint density at radius 2 is 1.56 bits per heavy atom. The summed E-state index contributed by atoms with van der Waals surface area (Å²) < 4.78 is 15.4. The minimum Gasteiger partial charge on any atom is -0.504 e. The van der Waals surface area contributed by atoms with E-state index in [0.29, 0.717) is 5.56 Å². The number of ether oxygens (including phenoxy) is 3. The average molecular weight is 228 g/mol. The van der Waals surface area contributed by atoms with E-state index in [2.05, 4.69) is 0 Å². The first-order valence-electron chi connectivity index (χ1n) is 4.74. The number of rotatable bonds is 5. The van der Waals surface area contributed by atoms with Crippen LogP contribution >= 0.6 is 0 Å². The van der Waals surface area contributed by atoms with Gasteiger partial charge in [-0.2, -0.15) is 0 Å². The van der Waals surface area contributed by atoms with Gasteiger partial charge >= 0.3 is 0 Å². The third kappa shape index (κ3) is 2.63. The Hall–Kier alpha value is -1.30. The second kappa shape index (κ2) is 5.69. The van der Waals surface area contributed by atoms with Gasteiger partial charge in [-0.1, -0.05) is 6.07 Å². The maximum absolute atomic E-state index is 9.38. The summed E-state index contributed by atoms with van der Waals surface area (Å²) in [5.74, 6) is -0.379. The molecule has 1 atom stereocenters. The zero-order chi connectivity index (χ0) is 12.1. The van der Waals surface area contributed by atoms with E-state index in [9.17, 15) is 10.2 Å². The van der Waals surface area contributed by atoms with Gasteiger partial charge in [0.1, 0.15) is 6.10 Å². The number of aromatic hydroxyl groups is 2. The molecule has 0 aliphatic carbocycles. The largest absolute Gasteiger partial charge is 0.504 e. The molecule has 0 aromatic heterocycles. The van der Waals surface area contributed by atoms with E-state index >= 15 is 0 Å². The van der Waals surface area contributed by atoms with Crippen LogP contribution in [-0.2, 0) is 14.2 Å². The highest BCUT2D eigenvalue weighted by Crippen LogP contribution is 2.31. The Labute approximate surface area is 94.2 Å². The fourth-order valence-electron chi connectivity index (χ4n) is 1.47. The first kappa shape index (κ1) is 12.8. The summed E-state index contributed by atoms with van der Waals surface area (Å²) in [6.07, 6.45) is -1.05. The molecular formula is C11H16O5. The van der Waals surface area contributed by atoms with Crippen LogP contribution in [0.4, 0.5) is 0 Å². The fraction of sp³-hybridized carbons (Fsp3) is 0.455. The topological polar surface area (TPSA) is 68.2 Å². The number of methoxy groups -OCH3 is 3.